The van der Waals surface area contributed by atoms with Crippen molar-refractivity contribution in [1.29, 1.82) is 0 Å². The molecule has 2 fully saturated rings. The molecule has 2 aliphatic rings. The quantitative estimate of drug-likeness (QED) is 0.873. The highest BCUT2D eigenvalue weighted by molar-refractivity contribution is 5.95. The Hall–Kier alpha value is -2.08. The van der Waals surface area contributed by atoms with Crippen LogP contribution in [0.1, 0.15) is 47.2 Å². The molecule has 1 atom stereocenters. The van der Waals surface area contributed by atoms with Crippen molar-refractivity contribution in [3.8, 4) is 5.75 Å². The van der Waals surface area contributed by atoms with Crippen LogP contribution in [-0.4, -0.2) is 54.3 Å². The number of carbonyl (C=O) groups excluding carboxylic acids is 1. The second-order valence-electron chi connectivity index (χ2n) is 7.28. The Morgan fingerprint density at radius 1 is 1.19 bits per heavy atom. The summed E-state index contributed by atoms with van der Waals surface area (Å²) in [4.78, 5) is 25.9. The summed E-state index contributed by atoms with van der Waals surface area (Å²) in [5.41, 5.74) is 2.23. The van der Waals surface area contributed by atoms with Gasteiger partial charge in [-0.2, -0.15) is 0 Å². The summed E-state index contributed by atoms with van der Waals surface area (Å²) in [5, 5.41) is 8.80. The molecule has 6 nitrogen and oxygen atoms in total. The van der Waals surface area contributed by atoms with Gasteiger partial charge in [-0.25, -0.2) is 4.79 Å². The number of carboxylic acid groups (broad SMARTS) is 1. The fourth-order valence-corrected chi connectivity index (χ4v) is 4.24. The molecule has 1 unspecified atom stereocenters. The average molecular weight is 361 g/mol. The Morgan fingerprint density at radius 3 is 2.46 bits per heavy atom. The van der Waals surface area contributed by atoms with Gasteiger partial charge >= 0.3 is 5.97 Å². The Kier molecular flexibility index (Phi) is 5.81. The van der Waals surface area contributed by atoms with E-state index in [4.69, 9.17) is 14.6 Å². The van der Waals surface area contributed by atoms with Crippen LogP contribution in [0.2, 0.25) is 0 Å². The lowest BCUT2D eigenvalue weighted by atomic mass is 9.90. The van der Waals surface area contributed by atoms with Crippen LogP contribution in [0, 0.1) is 19.8 Å². The van der Waals surface area contributed by atoms with Crippen LogP contribution < -0.4 is 4.74 Å². The van der Waals surface area contributed by atoms with Gasteiger partial charge in [-0.3, -0.25) is 4.79 Å². The maximum atomic E-state index is 13.1. The van der Waals surface area contributed by atoms with E-state index in [1.54, 1.807) is 0 Å². The zero-order valence-electron chi connectivity index (χ0n) is 15.5. The highest BCUT2D eigenvalue weighted by Gasteiger charge is 2.36. The molecular weight excluding hydrogens is 334 g/mol. The third kappa shape index (κ3) is 4.01. The van der Waals surface area contributed by atoms with Crippen molar-refractivity contribution in [2.75, 3.05) is 26.4 Å². The van der Waals surface area contributed by atoms with Crippen LogP contribution in [0.5, 0.6) is 5.75 Å². The maximum Gasteiger partial charge on any atom is 0.341 e. The molecule has 1 aromatic carbocycles. The van der Waals surface area contributed by atoms with Crippen molar-refractivity contribution in [3.05, 3.63) is 28.8 Å². The van der Waals surface area contributed by atoms with E-state index >= 15 is 0 Å². The van der Waals surface area contributed by atoms with E-state index in [9.17, 15) is 9.59 Å². The van der Waals surface area contributed by atoms with Crippen LogP contribution in [0.4, 0.5) is 0 Å². The summed E-state index contributed by atoms with van der Waals surface area (Å²) in [7, 11) is 0. The predicted molar refractivity (Wildman–Crippen MR) is 96.6 cm³/mol. The SMILES string of the molecule is Cc1cc(C(=O)N2CCCC2C2CCOCC2)cc(C)c1OCC(=O)O. The molecule has 2 heterocycles. The number of carbonyl (C=O) groups is 2. The number of hydrogen-bond donors (Lipinski definition) is 1. The van der Waals surface area contributed by atoms with Crippen molar-refractivity contribution in [3.63, 3.8) is 0 Å². The third-order valence-corrected chi connectivity index (χ3v) is 5.42. The molecule has 0 radical (unpaired) electrons. The Morgan fingerprint density at radius 2 is 1.85 bits per heavy atom. The third-order valence-electron chi connectivity index (χ3n) is 5.42. The van der Waals surface area contributed by atoms with Crippen molar-refractivity contribution in [2.24, 2.45) is 5.92 Å². The molecule has 0 spiro atoms. The van der Waals surface area contributed by atoms with Gasteiger partial charge in [0.1, 0.15) is 5.75 Å². The smallest absolute Gasteiger partial charge is 0.341 e. The number of aryl methyl sites for hydroxylation is 2. The minimum absolute atomic E-state index is 0.0648. The highest BCUT2D eigenvalue weighted by atomic mass is 16.5. The van der Waals surface area contributed by atoms with Gasteiger partial charge in [-0.05, 0) is 68.7 Å². The zero-order chi connectivity index (χ0) is 18.7. The van der Waals surface area contributed by atoms with E-state index in [0.717, 1.165) is 56.6 Å². The molecule has 0 bridgehead atoms. The number of benzene rings is 1. The molecule has 142 valence electrons. The fraction of sp³-hybridized carbons (Fsp3) is 0.600. The minimum Gasteiger partial charge on any atom is -0.481 e. The van der Waals surface area contributed by atoms with Gasteiger partial charge in [0.2, 0.25) is 0 Å². The summed E-state index contributed by atoms with van der Waals surface area (Å²) >= 11 is 0. The van der Waals surface area contributed by atoms with E-state index in [2.05, 4.69) is 0 Å². The van der Waals surface area contributed by atoms with Crippen LogP contribution in [0.25, 0.3) is 0 Å². The number of amides is 1. The van der Waals surface area contributed by atoms with Crippen molar-refractivity contribution < 1.29 is 24.2 Å². The molecule has 0 saturated carbocycles. The molecule has 2 aliphatic heterocycles. The first-order valence-corrected chi connectivity index (χ1v) is 9.32. The minimum atomic E-state index is -1.01. The van der Waals surface area contributed by atoms with Crippen molar-refractivity contribution in [2.45, 2.75) is 45.6 Å². The fourth-order valence-electron chi connectivity index (χ4n) is 4.24. The molecule has 26 heavy (non-hydrogen) atoms. The van der Waals surface area contributed by atoms with E-state index < -0.39 is 5.97 Å². The van der Waals surface area contributed by atoms with Gasteiger partial charge in [0.15, 0.2) is 6.61 Å². The van der Waals surface area contributed by atoms with Crippen molar-refractivity contribution >= 4 is 11.9 Å². The second-order valence-corrected chi connectivity index (χ2v) is 7.28. The van der Waals surface area contributed by atoms with Gasteiger partial charge < -0.3 is 19.5 Å². The number of carboxylic acids is 1. The molecule has 3 rings (SSSR count). The molecule has 0 aromatic heterocycles. The lowest BCUT2D eigenvalue weighted by Gasteiger charge is -2.34. The van der Waals surface area contributed by atoms with Gasteiger partial charge in [0.05, 0.1) is 0 Å². The summed E-state index contributed by atoms with van der Waals surface area (Å²) in [6.45, 7) is 5.69. The molecule has 2 saturated heterocycles. The highest BCUT2D eigenvalue weighted by Crippen LogP contribution is 2.33. The van der Waals surface area contributed by atoms with E-state index in [1.807, 2.05) is 30.9 Å². The number of rotatable bonds is 5. The zero-order valence-corrected chi connectivity index (χ0v) is 15.5. The van der Waals surface area contributed by atoms with Crippen LogP contribution in [0.3, 0.4) is 0 Å². The van der Waals surface area contributed by atoms with Crippen molar-refractivity contribution in [1.82, 2.24) is 4.90 Å². The van der Waals surface area contributed by atoms with Gasteiger partial charge in [-0.15, -0.1) is 0 Å². The molecule has 1 aromatic rings. The summed E-state index contributed by atoms with van der Waals surface area (Å²) < 4.78 is 10.8. The summed E-state index contributed by atoms with van der Waals surface area (Å²) in [6, 6.07) is 3.92. The lowest BCUT2D eigenvalue weighted by Crippen LogP contribution is -2.42. The number of ether oxygens (including phenoxy) is 2. The van der Waals surface area contributed by atoms with Crippen LogP contribution in [0.15, 0.2) is 12.1 Å². The molecule has 1 amide bonds. The van der Waals surface area contributed by atoms with Crippen LogP contribution in [-0.2, 0) is 9.53 Å². The monoisotopic (exact) mass is 361 g/mol. The van der Waals surface area contributed by atoms with Crippen LogP contribution >= 0.6 is 0 Å². The largest absolute Gasteiger partial charge is 0.481 e. The predicted octanol–water partition coefficient (Wildman–Crippen LogP) is 2.80. The number of aliphatic carboxylic acids is 1. The van der Waals surface area contributed by atoms with E-state index in [1.165, 1.54) is 0 Å². The first kappa shape index (κ1) is 18.7. The standard InChI is InChI=1S/C20H27NO5/c1-13-10-16(11-14(2)19(13)26-12-18(22)23)20(24)21-7-3-4-17(21)15-5-8-25-9-6-15/h10-11,15,17H,3-9,12H2,1-2H3,(H,22,23). The Bertz CT molecular complexity index is 658. The molecule has 1 N–H and O–H groups in total. The Balaban J connectivity index is 1.77. The Labute approximate surface area is 154 Å². The van der Waals surface area contributed by atoms with Gasteiger partial charge in [0.25, 0.3) is 5.91 Å². The number of likely N-dealkylation sites (tertiary alicyclic amines) is 1. The number of hydrogen-bond acceptors (Lipinski definition) is 4. The molecule has 6 heteroatoms. The lowest BCUT2D eigenvalue weighted by molar-refractivity contribution is -0.139. The maximum absolute atomic E-state index is 13.1. The molecular formula is C20H27NO5. The van der Waals surface area contributed by atoms with E-state index in [-0.39, 0.29) is 12.5 Å². The first-order valence-electron chi connectivity index (χ1n) is 9.32. The first-order chi connectivity index (χ1) is 12.5. The van der Waals surface area contributed by atoms with Gasteiger partial charge in [0, 0.05) is 31.4 Å². The summed E-state index contributed by atoms with van der Waals surface area (Å²) in [6.07, 6.45) is 4.16. The second kappa shape index (κ2) is 8.08. The van der Waals surface area contributed by atoms with E-state index in [0.29, 0.717) is 23.3 Å². The summed E-state index contributed by atoms with van der Waals surface area (Å²) in [5.74, 6) is 0.122. The normalized spacial score (nSPS) is 21.0. The average Bonchev–Trinajstić information content (AvgIpc) is 3.10. The molecule has 0 aliphatic carbocycles. The van der Waals surface area contributed by atoms with Gasteiger partial charge in [-0.1, -0.05) is 0 Å². The topological polar surface area (TPSA) is 76.1 Å². The number of nitrogens with zero attached hydrogens (tertiary/aromatic N) is 1.